The van der Waals surface area contributed by atoms with E-state index >= 15 is 0 Å². The summed E-state index contributed by atoms with van der Waals surface area (Å²) in [4.78, 5) is 0. The fourth-order valence-corrected chi connectivity index (χ4v) is 3.32. The largest absolute Gasteiger partial charge is 0.792 e. The highest BCUT2D eigenvalue weighted by atomic mass is 16.4. The van der Waals surface area contributed by atoms with Crippen LogP contribution in [0.4, 0.5) is 0 Å². The van der Waals surface area contributed by atoms with Crippen LogP contribution in [0, 0.1) is 5.21 Å². The average Bonchev–Trinajstić information content (AvgIpc) is 2.71. The minimum atomic E-state index is -1.49. The van der Waals surface area contributed by atoms with E-state index in [0.717, 1.165) is 30.5 Å². The monoisotopic (exact) mass is 354 g/mol. The Morgan fingerprint density at radius 2 is 1.42 bits per heavy atom. The van der Waals surface area contributed by atoms with Gasteiger partial charge in [0.2, 0.25) is 0 Å². The van der Waals surface area contributed by atoms with Gasteiger partial charge in [0.15, 0.2) is 5.60 Å². The lowest BCUT2D eigenvalue weighted by molar-refractivity contribution is -0.906. The van der Waals surface area contributed by atoms with Crippen LogP contribution in [-0.2, 0) is 5.60 Å². The number of rotatable bonds is 9. The molecule has 0 bridgehead atoms. The Morgan fingerprint density at radius 1 is 0.962 bits per heavy atom. The van der Waals surface area contributed by atoms with Gasteiger partial charge in [-0.05, 0) is 31.4 Å². The number of quaternary nitrogens is 1. The number of hydrogen-bond donors (Lipinski definition) is 1. The Hall–Kier alpha value is -2.17. The predicted molar refractivity (Wildman–Crippen MR) is 108 cm³/mol. The number of benzene rings is 2. The van der Waals surface area contributed by atoms with Crippen LogP contribution >= 0.6 is 0 Å². The van der Waals surface area contributed by atoms with Gasteiger partial charge in [-0.1, -0.05) is 60.7 Å². The first-order valence-electron chi connectivity index (χ1n) is 9.36. The van der Waals surface area contributed by atoms with Crippen molar-refractivity contribution in [2.24, 2.45) is 5.16 Å². The fraction of sp³-hybridized carbons (Fsp3) is 0.409. The van der Waals surface area contributed by atoms with Gasteiger partial charge in [0, 0.05) is 12.1 Å². The van der Waals surface area contributed by atoms with E-state index in [9.17, 15) is 10.3 Å². The molecular formula is C22H30N2O2. The lowest BCUT2D eigenvalue weighted by atomic mass is 9.80. The van der Waals surface area contributed by atoms with Gasteiger partial charge in [-0.3, -0.25) is 0 Å². The molecule has 26 heavy (non-hydrogen) atoms. The molecular weight excluding hydrogens is 324 g/mol. The first-order valence-corrected chi connectivity index (χ1v) is 9.36. The molecule has 4 heteroatoms. The minimum Gasteiger partial charge on any atom is -0.792 e. The minimum absolute atomic E-state index is 0.272. The second-order valence-electron chi connectivity index (χ2n) is 7.06. The first kappa shape index (κ1) is 20.1. The fourth-order valence-electron chi connectivity index (χ4n) is 3.32. The lowest BCUT2D eigenvalue weighted by Crippen LogP contribution is -2.45. The number of hydrogen-bond acceptors (Lipinski definition) is 3. The van der Waals surface area contributed by atoms with Gasteiger partial charge >= 0.3 is 0 Å². The van der Waals surface area contributed by atoms with E-state index in [1.54, 1.807) is 0 Å². The summed E-state index contributed by atoms with van der Waals surface area (Å²) < 4.78 is 0.946. The topological polar surface area (TPSA) is 55.7 Å². The van der Waals surface area contributed by atoms with Crippen LogP contribution in [0.1, 0.15) is 37.8 Å². The molecule has 2 aromatic rings. The molecule has 0 aromatic heterocycles. The van der Waals surface area contributed by atoms with Crippen molar-refractivity contribution in [1.29, 1.82) is 0 Å². The third-order valence-corrected chi connectivity index (χ3v) is 5.55. The molecule has 0 aliphatic heterocycles. The van der Waals surface area contributed by atoms with Crippen LogP contribution in [0.25, 0.3) is 0 Å². The van der Waals surface area contributed by atoms with Crippen molar-refractivity contribution in [2.45, 2.75) is 32.3 Å². The quantitative estimate of drug-likeness (QED) is 0.418. The molecule has 0 radical (unpaired) electrons. The van der Waals surface area contributed by atoms with Crippen molar-refractivity contribution in [1.82, 2.24) is 0 Å². The summed E-state index contributed by atoms with van der Waals surface area (Å²) in [6.45, 7) is 7.39. The van der Waals surface area contributed by atoms with Crippen molar-refractivity contribution in [3.05, 3.63) is 77.0 Å². The molecule has 0 aliphatic rings. The van der Waals surface area contributed by atoms with Gasteiger partial charge in [-0.15, -0.1) is 0 Å². The summed E-state index contributed by atoms with van der Waals surface area (Å²) in [6, 6.07) is 18.6. The molecule has 0 unspecified atom stereocenters. The van der Waals surface area contributed by atoms with E-state index in [1.807, 2.05) is 60.7 Å². The molecule has 0 atom stereocenters. The highest BCUT2D eigenvalue weighted by molar-refractivity contribution is 5.96. The summed E-state index contributed by atoms with van der Waals surface area (Å²) in [5, 5.41) is 26.7. The molecule has 0 amide bonds. The van der Waals surface area contributed by atoms with E-state index in [0.29, 0.717) is 17.5 Å². The zero-order valence-corrected chi connectivity index (χ0v) is 16.1. The third-order valence-electron chi connectivity index (χ3n) is 5.55. The van der Waals surface area contributed by atoms with E-state index in [4.69, 9.17) is 0 Å². The lowest BCUT2D eigenvalue weighted by Gasteiger charge is -2.34. The number of aliphatic hydroxyl groups is 1. The smallest absolute Gasteiger partial charge is 0.152 e. The van der Waals surface area contributed by atoms with Gasteiger partial charge in [0.05, 0.1) is 26.7 Å². The summed E-state index contributed by atoms with van der Waals surface area (Å²) in [5.41, 5.74) is 0.119. The SMILES string of the molecule is CC[N+](C)(CC)CCC/C(=N\[O-])C(O)(c1ccccc1)c1ccccc1. The predicted octanol–water partition coefficient (Wildman–Crippen LogP) is 4.13. The van der Waals surface area contributed by atoms with E-state index in [1.165, 1.54) is 0 Å². The van der Waals surface area contributed by atoms with Crippen LogP contribution in [-0.4, -0.2) is 42.0 Å². The second kappa shape index (κ2) is 8.97. The molecule has 0 aliphatic carbocycles. The second-order valence-corrected chi connectivity index (χ2v) is 7.06. The number of nitrogens with zero attached hydrogens (tertiary/aromatic N) is 2. The summed E-state index contributed by atoms with van der Waals surface area (Å²) in [6.07, 6.45) is 1.28. The normalized spacial score (nSPS) is 13.0. The Balaban J connectivity index is 2.32. The third kappa shape index (κ3) is 4.32. The van der Waals surface area contributed by atoms with Gasteiger partial charge in [0.25, 0.3) is 0 Å². The van der Waals surface area contributed by atoms with E-state index in [-0.39, 0.29) is 5.71 Å². The Kier molecular flexibility index (Phi) is 6.95. The molecule has 0 fully saturated rings. The highest BCUT2D eigenvalue weighted by Crippen LogP contribution is 2.33. The van der Waals surface area contributed by atoms with E-state index in [2.05, 4.69) is 26.1 Å². The van der Waals surface area contributed by atoms with Crippen LogP contribution in [0.5, 0.6) is 0 Å². The zero-order valence-electron chi connectivity index (χ0n) is 16.1. The summed E-state index contributed by atoms with van der Waals surface area (Å²) in [7, 11) is 2.22. The maximum Gasteiger partial charge on any atom is 0.152 e. The van der Waals surface area contributed by atoms with Crippen LogP contribution in [0.2, 0.25) is 0 Å². The van der Waals surface area contributed by atoms with Crippen LogP contribution < -0.4 is 0 Å². The standard InChI is InChI=1S/C22H30N2O2/c1-4-24(3,5-2)18-12-17-21(23-26)22(25,19-13-8-6-9-14-19)20-15-10-7-11-16-20/h6-11,13-16,25H,4-5,12,17-18H2,1-3H3/b23-21+. The Labute approximate surface area is 157 Å². The molecule has 0 heterocycles. The summed E-state index contributed by atoms with van der Waals surface area (Å²) >= 11 is 0. The Morgan fingerprint density at radius 3 is 1.81 bits per heavy atom. The molecule has 0 saturated carbocycles. The van der Waals surface area contributed by atoms with Crippen LogP contribution in [0.15, 0.2) is 65.8 Å². The van der Waals surface area contributed by atoms with Crippen LogP contribution in [0.3, 0.4) is 0 Å². The molecule has 0 spiro atoms. The summed E-state index contributed by atoms with van der Waals surface area (Å²) in [5.74, 6) is 0. The zero-order chi connectivity index (χ0) is 19.0. The maximum absolute atomic E-state index is 11.7. The van der Waals surface area contributed by atoms with Gasteiger partial charge in [-0.2, -0.15) is 0 Å². The highest BCUT2D eigenvalue weighted by Gasteiger charge is 2.36. The molecule has 140 valence electrons. The maximum atomic E-state index is 11.7. The van der Waals surface area contributed by atoms with Crippen molar-refractivity contribution in [3.8, 4) is 0 Å². The molecule has 2 aromatic carbocycles. The molecule has 2 rings (SSSR count). The molecule has 1 N–H and O–H groups in total. The van der Waals surface area contributed by atoms with Crippen molar-refractivity contribution < 1.29 is 9.59 Å². The average molecular weight is 354 g/mol. The van der Waals surface area contributed by atoms with Crippen molar-refractivity contribution >= 4 is 5.71 Å². The van der Waals surface area contributed by atoms with Gasteiger partial charge in [-0.25, -0.2) is 0 Å². The van der Waals surface area contributed by atoms with E-state index < -0.39 is 5.60 Å². The van der Waals surface area contributed by atoms with Crippen molar-refractivity contribution in [2.75, 3.05) is 26.7 Å². The van der Waals surface area contributed by atoms with Gasteiger partial charge < -0.3 is 20.0 Å². The molecule has 4 nitrogen and oxygen atoms in total. The molecule has 0 saturated heterocycles. The first-order chi connectivity index (χ1) is 12.5. The van der Waals surface area contributed by atoms with Gasteiger partial charge in [0.1, 0.15) is 0 Å². The van der Waals surface area contributed by atoms with Crippen molar-refractivity contribution in [3.63, 3.8) is 0 Å². The Bertz CT molecular complexity index is 655.